The van der Waals surface area contributed by atoms with Gasteiger partial charge in [-0.05, 0) is 35.9 Å². The van der Waals surface area contributed by atoms with Crippen LogP contribution in [0.2, 0.25) is 5.02 Å². The summed E-state index contributed by atoms with van der Waals surface area (Å²) in [5.41, 5.74) is 0.977. The van der Waals surface area contributed by atoms with E-state index in [1.54, 1.807) is 12.2 Å². The fourth-order valence-electron chi connectivity index (χ4n) is 1.88. The highest BCUT2D eigenvalue weighted by Crippen LogP contribution is 2.13. The molecule has 0 aliphatic heterocycles. The van der Waals surface area contributed by atoms with E-state index in [9.17, 15) is 13.6 Å². The second-order valence-corrected chi connectivity index (χ2v) is 7.11. The van der Waals surface area contributed by atoms with Crippen molar-refractivity contribution < 1.29 is 13.2 Å². The first-order valence-electron chi connectivity index (χ1n) is 7.23. The van der Waals surface area contributed by atoms with Gasteiger partial charge in [-0.15, -0.1) is 0 Å². The number of hydrogen-bond acceptors (Lipinski definition) is 3. The third kappa shape index (κ3) is 5.81. The van der Waals surface area contributed by atoms with E-state index in [0.29, 0.717) is 9.76 Å². The zero-order valence-electron chi connectivity index (χ0n) is 12.8. The first kappa shape index (κ1) is 18.2. The molecule has 0 unspecified atom stereocenters. The predicted octanol–water partition coefficient (Wildman–Crippen LogP) is 2.91. The summed E-state index contributed by atoms with van der Waals surface area (Å²) in [7, 11) is -3.64. The van der Waals surface area contributed by atoms with Gasteiger partial charge in [-0.3, -0.25) is 0 Å². The average molecular weight is 365 g/mol. The van der Waals surface area contributed by atoms with E-state index >= 15 is 0 Å². The Morgan fingerprint density at radius 3 is 2.42 bits per heavy atom. The highest BCUT2D eigenvalue weighted by Gasteiger charge is 2.13. The predicted molar refractivity (Wildman–Crippen MR) is 96.7 cm³/mol. The van der Waals surface area contributed by atoms with Crippen LogP contribution < -0.4 is 4.72 Å². The summed E-state index contributed by atoms with van der Waals surface area (Å²) >= 11 is 5.73. The standard InChI is InChI=1S/C17H17ClN2O3S/c18-16-8-10-17(11-9-16)24(22,23)19-12-14-20(21)13-4-7-15-5-2-1-3-6-15/h1-11,13,19H,12,14H2/b7-4+,20-13-. The van der Waals surface area contributed by atoms with Gasteiger partial charge in [-0.2, -0.15) is 0 Å². The number of hydrogen-bond donors (Lipinski definition) is 1. The maximum atomic E-state index is 12.0. The van der Waals surface area contributed by atoms with Crippen LogP contribution in [-0.4, -0.2) is 32.5 Å². The molecule has 0 saturated carbocycles. The summed E-state index contributed by atoms with van der Waals surface area (Å²) in [6.07, 6.45) is 4.77. The van der Waals surface area contributed by atoms with Gasteiger partial charge in [-0.1, -0.05) is 41.9 Å². The van der Waals surface area contributed by atoms with Crippen LogP contribution in [0.4, 0.5) is 0 Å². The Hall–Kier alpha value is -2.15. The maximum absolute atomic E-state index is 12.0. The van der Waals surface area contributed by atoms with Crippen molar-refractivity contribution in [3.63, 3.8) is 0 Å². The highest BCUT2D eigenvalue weighted by atomic mass is 35.5. The molecular weight excluding hydrogens is 348 g/mol. The van der Waals surface area contributed by atoms with Crippen LogP contribution in [0.5, 0.6) is 0 Å². The van der Waals surface area contributed by atoms with Crippen molar-refractivity contribution in [2.75, 3.05) is 13.1 Å². The molecule has 0 saturated heterocycles. The Kier molecular flexibility index (Phi) is 6.54. The van der Waals surface area contributed by atoms with Gasteiger partial charge in [0.25, 0.3) is 0 Å². The lowest BCUT2D eigenvalue weighted by atomic mass is 10.2. The van der Waals surface area contributed by atoms with Crippen LogP contribution in [0.3, 0.4) is 0 Å². The van der Waals surface area contributed by atoms with E-state index in [-0.39, 0.29) is 18.0 Å². The lowest BCUT2D eigenvalue weighted by Crippen LogP contribution is -2.29. The summed E-state index contributed by atoms with van der Waals surface area (Å²) in [5.74, 6) is 0. The average Bonchev–Trinajstić information content (AvgIpc) is 2.56. The van der Waals surface area contributed by atoms with E-state index in [4.69, 9.17) is 11.6 Å². The fourth-order valence-corrected chi connectivity index (χ4v) is 3.02. The molecule has 24 heavy (non-hydrogen) atoms. The van der Waals surface area contributed by atoms with Crippen molar-refractivity contribution in [3.8, 4) is 0 Å². The van der Waals surface area contributed by atoms with Gasteiger partial charge in [0.2, 0.25) is 10.0 Å². The first-order chi connectivity index (χ1) is 11.5. The minimum atomic E-state index is -3.64. The Balaban J connectivity index is 1.85. The van der Waals surface area contributed by atoms with Gasteiger partial charge in [0, 0.05) is 11.1 Å². The normalized spacial score (nSPS) is 12.6. The zero-order chi connectivity index (χ0) is 17.4. The van der Waals surface area contributed by atoms with Crippen molar-refractivity contribution in [3.05, 3.63) is 76.5 Å². The van der Waals surface area contributed by atoms with Gasteiger partial charge in [-0.25, -0.2) is 17.9 Å². The maximum Gasteiger partial charge on any atom is 0.240 e. The molecule has 0 spiro atoms. The summed E-state index contributed by atoms with van der Waals surface area (Å²) in [6, 6.07) is 15.4. The summed E-state index contributed by atoms with van der Waals surface area (Å²) in [4.78, 5) is 0.109. The van der Waals surface area contributed by atoms with Gasteiger partial charge in [0.05, 0.1) is 11.4 Å². The minimum absolute atomic E-state index is 0.00410. The highest BCUT2D eigenvalue weighted by molar-refractivity contribution is 7.89. The smallest absolute Gasteiger partial charge is 0.240 e. The quantitative estimate of drug-likeness (QED) is 0.355. The number of halogens is 1. The zero-order valence-corrected chi connectivity index (χ0v) is 14.4. The number of allylic oxidation sites excluding steroid dienone is 1. The molecule has 0 heterocycles. The van der Waals surface area contributed by atoms with E-state index in [1.807, 2.05) is 30.3 Å². The van der Waals surface area contributed by atoms with E-state index < -0.39 is 10.0 Å². The van der Waals surface area contributed by atoms with Crippen molar-refractivity contribution in [2.24, 2.45) is 0 Å². The molecule has 5 nitrogen and oxygen atoms in total. The molecule has 0 aromatic heterocycles. The Morgan fingerprint density at radius 2 is 1.75 bits per heavy atom. The second-order valence-electron chi connectivity index (χ2n) is 4.91. The molecule has 0 amide bonds. The number of nitrogens with zero attached hydrogens (tertiary/aromatic N) is 1. The first-order valence-corrected chi connectivity index (χ1v) is 9.09. The monoisotopic (exact) mass is 364 g/mol. The molecule has 2 aromatic rings. The van der Waals surface area contributed by atoms with Crippen LogP contribution >= 0.6 is 11.6 Å². The SMILES string of the molecule is O=S(=O)(NCC/[N+]([O-])=C/C=C/c1ccccc1)c1ccc(Cl)cc1. The van der Waals surface area contributed by atoms with Gasteiger partial charge >= 0.3 is 0 Å². The van der Waals surface area contributed by atoms with Crippen LogP contribution in [0.1, 0.15) is 5.56 Å². The van der Waals surface area contributed by atoms with E-state index in [0.717, 1.165) is 5.56 Å². The fraction of sp³-hybridized carbons (Fsp3) is 0.118. The third-order valence-electron chi connectivity index (χ3n) is 3.09. The molecule has 0 aliphatic rings. The molecule has 126 valence electrons. The van der Waals surface area contributed by atoms with Crippen molar-refractivity contribution in [1.29, 1.82) is 0 Å². The lowest BCUT2D eigenvalue weighted by Gasteiger charge is -2.07. The number of hydroxylamine groups is 1. The van der Waals surface area contributed by atoms with E-state index in [2.05, 4.69) is 4.72 Å². The largest absolute Gasteiger partial charge is 0.624 e. The molecule has 0 fully saturated rings. The summed E-state index contributed by atoms with van der Waals surface area (Å²) in [6.45, 7) is 0.0100. The summed E-state index contributed by atoms with van der Waals surface area (Å²) < 4.78 is 27.1. The topological polar surface area (TPSA) is 72.2 Å². The number of rotatable bonds is 7. The van der Waals surface area contributed by atoms with Crippen molar-refractivity contribution in [1.82, 2.24) is 4.72 Å². The van der Waals surface area contributed by atoms with E-state index in [1.165, 1.54) is 30.5 Å². The lowest BCUT2D eigenvalue weighted by molar-refractivity contribution is -0.449. The Labute approximate surface area is 146 Å². The van der Waals surface area contributed by atoms with Crippen LogP contribution in [0.15, 0.2) is 65.6 Å². The van der Waals surface area contributed by atoms with Crippen LogP contribution in [0, 0.1) is 5.21 Å². The Bertz CT molecular complexity index is 817. The molecule has 0 atom stereocenters. The molecule has 1 N–H and O–H groups in total. The summed E-state index contributed by atoms with van der Waals surface area (Å²) in [5, 5.41) is 12.1. The minimum Gasteiger partial charge on any atom is -0.624 e. The molecular formula is C17H17ClN2O3S. The van der Waals surface area contributed by atoms with Crippen molar-refractivity contribution in [2.45, 2.75) is 4.90 Å². The Morgan fingerprint density at radius 1 is 1.08 bits per heavy atom. The molecule has 0 aliphatic carbocycles. The molecule has 2 rings (SSSR count). The number of sulfonamides is 1. The van der Waals surface area contributed by atoms with Gasteiger partial charge < -0.3 is 5.21 Å². The third-order valence-corrected chi connectivity index (χ3v) is 4.82. The number of nitrogens with one attached hydrogen (secondary N) is 1. The molecule has 0 radical (unpaired) electrons. The van der Waals surface area contributed by atoms with Gasteiger partial charge in [0.15, 0.2) is 12.8 Å². The second kappa shape index (κ2) is 8.63. The van der Waals surface area contributed by atoms with Crippen LogP contribution in [0.25, 0.3) is 6.08 Å². The number of benzene rings is 2. The molecule has 7 heteroatoms. The van der Waals surface area contributed by atoms with Crippen molar-refractivity contribution >= 4 is 33.9 Å². The molecule has 2 aromatic carbocycles. The molecule has 0 bridgehead atoms. The van der Waals surface area contributed by atoms with Gasteiger partial charge in [0.1, 0.15) is 0 Å². The van der Waals surface area contributed by atoms with Crippen LogP contribution in [-0.2, 0) is 10.0 Å².